The van der Waals surface area contributed by atoms with Gasteiger partial charge in [-0.15, -0.1) is 0 Å². The van der Waals surface area contributed by atoms with Crippen LogP contribution in [0.4, 0.5) is 5.69 Å². The maximum absolute atomic E-state index is 9.25. The summed E-state index contributed by atoms with van der Waals surface area (Å²) in [4.78, 5) is 6.14. The summed E-state index contributed by atoms with van der Waals surface area (Å²) in [5, 5.41) is 9.25. The van der Waals surface area contributed by atoms with Crippen molar-refractivity contribution >= 4 is 5.69 Å². The molecule has 0 spiro atoms. The second-order valence-electron chi connectivity index (χ2n) is 3.40. The van der Waals surface area contributed by atoms with E-state index in [0.29, 0.717) is 13.1 Å². The van der Waals surface area contributed by atoms with Crippen molar-refractivity contribution in [2.24, 2.45) is 5.73 Å². The lowest BCUT2D eigenvalue weighted by Gasteiger charge is -2.22. The van der Waals surface area contributed by atoms with E-state index in [1.807, 2.05) is 24.1 Å². The van der Waals surface area contributed by atoms with Gasteiger partial charge in [0.2, 0.25) is 0 Å². The van der Waals surface area contributed by atoms with E-state index in [9.17, 15) is 5.11 Å². The van der Waals surface area contributed by atoms with Gasteiger partial charge in [0.1, 0.15) is 0 Å². The quantitative estimate of drug-likeness (QED) is 0.728. The molecule has 0 saturated heterocycles. The molecule has 1 heterocycles. The molecule has 0 radical (unpaired) electrons. The minimum absolute atomic E-state index is 0.356. The Balaban J connectivity index is 2.82. The lowest BCUT2D eigenvalue weighted by molar-refractivity contribution is 0.201. The molecule has 0 aromatic carbocycles. The number of anilines is 1. The molecule has 4 nitrogen and oxygen atoms in total. The topological polar surface area (TPSA) is 62.4 Å². The van der Waals surface area contributed by atoms with Gasteiger partial charge >= 0.3 is 0 Å². The Hall–Kier alpha value is -1.13. The molecule has 1 unspecified atom stereocenters. The predicted molar refractivity (Wildman–Crippen MR) is 57.1 cm³/mol. The Morgan fingerprint density at radius 2 is 2.36 bits per heavy atom. The number of aliphatic hydroxyl groups excluding tert-OH is 1. The highest BCUT2D eigenvalue weighted by Gasteiger charge is 2.08. The number of pyridine rings is 1. The third-order valence-corrected chi connectivity index (χ3v) is 2.01. The van der Waals surface area contributed by atoms with Crippen molar-refractivity contribution in [1.29, 1.82) is 0 Å². The summed E-state index contributed by atoms with van der Waals surface area (Å²) in [6, 6.07) is 3.82. The second-order valence-corrected chi connectivity index (χ2v) is 3.40. The van der Waals surface area contributed by atoms with Crippen LogP contribution in [0.25, 0.3) is 0 Å². The first kappa shape index (κ1) is 10.9. The maximum atomic E-state index is 9.25. The lowest BCUT2D eigenvalue weighted by Crippen LogP contribution is -2.28. The minimum Gasteiger partial charge on any atom is -0.392 e. The first-order valence-electron chi connectivity index (χ1n) is 4.68. The van der Waals surface area contributed by atoms with Gasteiger partial charge in [-0.2, -0.15) is 0 Å². The fraction of sp³-hybridized carbons (Fsp3) is 0.500. The highest BCUT2D eigenvalue weighted by atomic mass is 16.3. The summed E-state index contributed by atoms with van der Waals surface area (Å²) in [5.41, 5.74) is 7.41. The fourth-order valence-corrected chi connectivity index (χ4v) is 1.43. The Morgan fingerprint density at radius 3 is 2.93 bits per heavy atom. The average Bonchev–Trinajstić information content (AvgIpc) is 2.16. The normalized spacial score (nSPS) is 12.6. The molecule has 0 aliphatic rings. The fourth-order valence-electron chi connectivity index (χ4n) is 1.43. The summed E-state index contributed by atoms with van der Waals surface area (Å²) >= 11 is 0. The molecule has 1 atom stereocenters. The highest BCUT2D eigenvalue weighted by molar-refractivity contribution is 5.49. The van der Waals surface area contributed by atoms with Gasteiger partial charge in [-0.1, -0.05) is 0 Å². The van der Waals surface area contributed by atoms with Crippen LogP contribution in [0.15, 0.2) is 18.3 Å². The molecule has 14 heavy (non-hydrogen) atoms. The Morgan fingerprint density at radius 1 is 1.64 bits per heavy atom. The van der Waals surface area contributed by atoms with Crippen LogP contribution in [0.3, 0.4) is 0 Å². The number of hydrogen-bond donors (Lipinski definition) is 2. The summed E-state index contributed by atoms with van der Waals surface area (Å²) in [5.74, 6) is 0. The van der Waals surface area contributed by atoms with Gasteiger partial charge in [0.25, 0.3) is 0 Å². The van der Waals surface area contributed by atoms with E-state index in [0.717, 1.165) is 11.4 Å². The number of nitrogens with zero attached hydrogens (tertiary/aromatic N) is 2. The van der Waals surface area contributed by atoms with Gasteiger partial charge in [0.05, 0.1) is 17.5 Å². The lowest BCUT2D eigenvalue weighted by atomic mass is 10.2. The van der Waals surface area contributed by atoms with Crippen molar-refractivity contribution in [3.05, 3.63) is 24.0 Å². The van der Waals surface area contributed by atoms with Crippen LogP contribution >= 0.6 is 0 Å². The highest BCUT2D eigenvalue weighted by Crippen LogP contribution is 2.16. The zero-order valence-corrected chi connectivity index (χ0v) is 8.64. The van der Waals surface area contributed by atoms with Crippen LogP contribution in [0.1, 0.15) is 12.6 Å². The number of hydrogen-bond acceptors (Lipinski definition) is 4. The molecular formula is C10H17N3O. The van der Waals surface area contributed by atoms with E-state index in [1.165, 1.54) is 0 Å². The van der Waals surface area contributed by atoms with Crippen molar-refractivity contribution in [3.8, 4) is 0 Å². The van der Waals surface area contributed by atoms with Gasteiger partial charge < -0.3 is 15.7 Å². The molecule has 0 saturated carbocycles. The Kier molecular flexibility index (Phi) is 3.85. The summed E-state index contributed by atoms with van der Waals surface area (Å²) in [6.45, 7) is 2.76. The standard InChI is InChI=1S/C10H17N3O/c1-8(14)7-13(2)10-4-3-5-12-9(10)6-11/h3-5,8,14H,6-7,11H2,1-2H3. The van der Waals surface area contributed by atoms with E-state index < -0.39 is 0 Å². The average molecular weight is 195 g/mol. The number of aliphatic hydroxyl groups is 1. The van der Waals surface area contributed by atoms with Crippen LogP contribution in [0.2, 0.25) is 0 Å². The molecule has 0 aliphatic carbocycles. The zero-order chi connectivity index (χ0) is 10.6. The van der Waals surface area contributed by atoms with E-state index in [4.69, 9.17) is 5.73 Å². The smallest absolute Gasteiger partial charge is 0.0772 e. The van der Waals surface area contributed by atoms with E-state index in [1.54, 1.807) is 13.1 Å². The van der Waals surface area contributed by atoms with Crippen LogP contribution in [0, 0.1) is 0 Å². The third kappa shape index (κ3) is 2.68. The molecule has 78 valence electrons. The van der Waals surface area contributed by atoms with Gasteiger partial charge in [0, 0.05) is 26.3 Å². The van der Waals surface area contributed by atoms with Crippen molar-refractivity contribution in [3.63, 3.8) is 0 Å². The number of aromatic nitrogens is 1. The molecule has 0 fully saturated rings. The SMILES string of the molecule is CC(O)CN(C)c1cccnc1CN. The molecule has 1 aromatic heterocycles. The van der Waals surface area contributed by atoms with E-state index >= 15 is 0 Å². The zero-order valence-electron chi connectivity index (χ0n) is 8.64. The summed E-state index contributed by atoms with van der Waals surface area (Å²) < 4.78 is 0. The molecule has 0 bridgehead atoms. The third-order valence-electron chi connectivity index (χ3n) is 2.01. The van der Waals surface area contributed by atoms with Gasteiger partial charge in [-0.25, -0.2) is 0 Å². The molecule has 1 rings (SSSR count). The molecule has 0 amide bonds. The van der Waals surface area contributed by atoms with Gasteiger partial charge in [-0.3, -0.25) is 4.98 Å². The Labute approximate surface area is 84.4 Å². The molecule has 0 aliphatic heterocycles. The number of rotatable bonds is 4. The molecule has 4 heteroatoms. The van der Waals surface area contributed by atoms with Crippen LogP contribution in [-0.4, -0.2) is 29.8 Å². The predicted octanol–water partition coefficient (Wildman–Crippen LogP) is 0.357. The van der Waals surface area contributed by atoms with Crippen LogP contribution < -0.4 is 10.6 Å². The first-order chi connectivity index (χ1) is 6.65. The second kappa shape index (κ2) is 4.93. The largest absolute Gasteiger partial charge is 0.392 e. The van der Waals surface area contributed by atoms with Crippen LogP contribution in [0.5, 0.6) is 0 Å². The number of nitrogens with two attached hydrogens (primary N) is 1. The van der Waals surface area contributed by atoms with Crippen molar-refractivity contribution in [2.45, 2.75) is 19.6 Å². The van der Waals surface area contributed by atoms with Gasteiger partial charge in [0.15, 0.2) is 0 Å². The first-order valence-corrected chi connectivity index (χ1v) is 4.68. The van der Waals surface area contributed by atoms with Crippen molar-refractivity contribution in [1.82, 2.24) is 4.98 Å². The maximum Gasteiger partial charge on any atom is 0.0772 e. The van der Waals surface area contributed by atoms with Crippen LogP contribution in [-0.2, 0) is 6.54 Å². The summed E-state index contributed by atoms with van der Waals surface area (Å²) in [7, 11) is 1.92. The van der Waals surface area contributed by atoms with Crippen molar-refractivity contribution in [2.75, 3.05) is 18.5 Å². The molecule has 1 aromatic rings. The Bertz CT molecular complexity index is 288. The number of likely N-dealkylation sites (N-methyl/N-ethyl adjacent to an activating group) is 1. The minimum atomic E-state index is -0.356. The van der Waals surface area contributed by atoms with Gasteiger partial charge in [-0.05, 0) is 19.1 Å². The van der Waals surface area contributed by atoms with Crippen molar-refractivity contribution < 1.29 is 5.11 Å². The van der Waals surface area contributed by atoms with E-state index in [2.05, 4.69) is 4.98 Å². The molecular weight excluding hydrogens is 178 g/mol. The monoisotopic (exact) mass is 195 g/mol. The molecule has 3 N–H and O–H groups in total. The van der Waals surface area contributed by atoms with E-state index in [-0.39, 0.29) is 6.10 Å². The summed E-state index contributed by atoms with van der Waals surface area (Å²) in [6.07, 6.45) is 1.37.